The number of amides is 1. The van der Waals surface area contributed by atoms with E-state index in [0.717, 1.165) is 24.1 Å². The molecule has 1 aromatic carbocycles. The van der Waals surface area contributed by atoms with E-state index in [2.05, 4.69) is 5.32 Å². The first kappa shape index (κ1) is 17.7. The van der Waals surface area contributed by atoms with Crippen molar-refractivity contribution in [3.8, 4) is 0 Å². The minimum Gasteiger partial charge on any atom is -0.378 e. The molecule has 2 rings (SSSR count). The molecule has 1 N–H and O–H groups in total. The molecule has 1 atom stereocenters. The van der Waals surface area contributed by atoms with Crippen molar-refractivity contribution in [3.05, 3.63) is 29.8 Å². The largest absolute Gasteiger partial charge is 0.378 e. The van der Waals surface area contributed by atoms with Crippen LogP contribution in [0.1, 0.15) is 18.4 Å². The van der Waals surface area contributed by atoms with Crippen molar-refractivity contribution >= 4 is 21.6 Å². The molecular weight excluding hydrogens is 314 g/mol. The van der Waals surface area contributed by atoms with Gasteiger partial charge in [0.1, 0.15) is 0 Å². The highest BCUT2D eigenvalue weighted by Crippen LogP contribution is 2.19. The lowest BCUT2D eigenvalue weighted by Crippen LogP contribution is -2.44. The zero-order chi connectivity index (χ0) is 17.0. The predicted molar refractivity (Wildman–Crippen MR) is 91.8 cm³/mol. The zero-order valence-corrected chi connectivity index (χ0v) is 14.8. The topological polar surface area (TPSA) is 69.7 Å². The number of carbonyl (C=O) groups excluding carboxylic acids is 1. The van der Waals surface area contributed by atoms with Gasteiger partial charge in [-0.3, -0.25) is 4.79 Å². The molecule has 1 saturated heterocycles. The lowest BCUT2D eigenvalue weighted by Gasteiger charge is -2.30. The molecule has 0 saturated carbocycles. The van der Waals surface area contributed by atoms with Crippen LogP contribution in [-0.2, 0) is 21.4 Å². The van der Waals surface area contributed by atoms with Gasteiger partial charge in [-0.15, -0.1) is 0 Å². The Morgan fingerprint density at radius 3 is 2.78 bits per heavy atom. The highest BCUT2D eigenvalue weighted by molar-refractivity contribution is 7.88. The third kappa shape index (κ3) is 4.94. The van der Waals surface area contributed by atoms with E-state index in [1.807, 2.05) is 43.3 Å². The van der Waals surface area contributed by atoms with Gasteiger partial charge in [0.05, 0.1) is 12.2 Å². The van der Waals surface area contributed by atoms with Crippen LogP contribution in [0.3, 0.4) is 0 Å². The first-order chi connectivity index (χ1) is 10.8. The summed E-state index contributed by atoms with van der Waals surface area (Å²) in [6, 6.07) is 7.97. The fourth-order valence-electron chi connectivity index (χ4n) is 2.74. The van der Waals surface area contributed by atoms with Crippen molar-refractivity contribution in [3.63, 3.8) is 0 Å². The molecule has 0 bridgehead atoms. The predicted octanol–water partition coefficient (Wildman–Crippen LogP) is 1.04. The molecule has 128 valence electrons. The first-order valence-corrected chi connectivity index (χ1v) is 9.61. The summed E-state index contributed by atoms with van der Waals surface area (Å²) in [5.41, 5.74) is 2.11. The standard InChI is InChI=1S/C16H25N3O3S/c1-18(2)15-8-4-6-13(10-15)11-17-16(20)14-7-5-9-19(12-14)23(3,21)22/h4,6,8,10,14H,5,7,9,11-12H2,1-3H3,(H,17,20). The van der Waals surface area contributed by atoms with E-state index in [1.54, 1.807) is 0 Å². The summed E-state index contributed by atoms with van der Waals surface area (Å²) < 4.78 is 24.6. The fourth-order valence-corrected chi connectivity index (χ4v) is 3.65. The number of nitrogens with one attached hydrogen (secondary N) is 1. The average Bonchev–Trinajstić information content (AvgIpc) is 2.52. The van der Waals surface area contributed by atoms with Crippen LogP contribution < -0.4 is 10.2 Å². The Balaban J connectivity index is 1.93. The minimum atomic E-state index is -3.23. The number of benzene rings is 1. The summed E-state index contributed by atoms with van der Waals surface area (Å²) in [7, 11) is 0.717. The van der Waals surface area contributed by atoms with Crippen LogP contribution in [0.5, 0.6) is 0 Å². The number of hydrogen-bond acceptors (Lipinski definition) is 4. The molecule has 0 radical (unpaired) electrons. The van der Waals surface area contributed by atoms with Gasteiger partial charge in [-0.25, -0.2) is 12.7 Å². The number of piperidine rings is 1. The van der Waals surface area contributed by atoms with Crippen molar-refractivity contribution in [2.75, 3.05) is 38.3 Å². The highest BCUT2D eigenvalue weighted by Gasteiger charge is 2.29. The van der Waals surface area contributed by atoms with Crippen LogP contribution in [0.25, 0.3) is 0 Å². The molecule has 0 spiro atoms. The molecular formula is C16H25N3O3S. The van der Waals surface area contributed by atoms with Crippen molar-refractivity contribution in [2.24, 2.45) is 5.92 Å². The molecule has 7 heteroatoms. The van der Waals surface area contributed by atoms with E-state index in [1.165, 1.54) is 10.6 Å². The average molecular weight is 339 g/mol. The third-order valence-electron chi connectivity index (χ3n) is 4.12. The Hall–Kier alpha value is -1.60. The Labute approximate surface area is 138 Å². The third-order valence-corrected chi connectivity index (χ3v) is 5.39. The zero-order valence-electron chi connectivity index (χ0n) is 13.9. The molecule has 23 heavy (non-hydrogen) atoms. The lowest BCUT2D eigenvalue weighted by atomic mass is 9.98. The van der Waals surface area contributed by atoms with E-state index in [4.69, 9.17) is 0 Å². The van der Waals surface area contributed by atoms with Crippen LogP contribution in [0.4, 0.5) is 5.69 Å². The Bertz CT molecular complexity index is 658. The summed E-state index contributed by atoms with van der Waals surface area (Å²) >= 11 is 0. The molecule has 1 aliphatic rings. The smallest absolute Gasteiger partial charge is 0.224 e. The monoisotopic (exact) mass is 339 g/mol. The summed E-state index contributed by atoms with van der Waals surface area (Å²) in [5.74, 6) is -0.343. The molecule has 1 heterocycles. The SMILES string of the molecule is CN(C)c1cccc(CNC(=O)C2CCCN(S(C)(=O)=O)C2)c1. The van der Waals surface area contributed by atoms with Crippen molar-refractivity contribution in [1.29, 1.82) is 0 Å². The number of sulfonamides is 1. The number of rotatable bonds is 5. The Kier molecular flexibility index (Phi) is 5.64. The van der Waals surface area contributed by atoms with Gasteiger partial charge in [0.2, 0.25) is 15.9 Å². The van der Waals surface area contributed by atoms with Crippen LogP contribution >= 0.6 is 0 Å². The molecule has 1 aliphatic heterocycles. The highest BCUT2D eigenvalue weighted by atomic mass is 32.2. The van der Waals surface area contributed by atoms with Gasteiger partial charge in [0.15, 0.2) is 0 Å². The molecule has 0 aromatic heterocycles. The van der Waals surface area contributed by atoms with Crippen LogP contribution in [0.15, 0.2) is 24.3 Å². The normalized spacial score (nSPS) is 19.3. The van der Waals surface area contributed by atoms with Gasteiger partial charge >= 0.3 is 0 Å². The molecule has 1 amide bonds. The van der Waals surface area contributed by atoms with Crippen molar-refractivity contribution in [1.82, 2.24) is 9.62 Å². The summed E-state index contributed by atoms with van der Waals surface area (Å²) in [5, 5.41) is 2.93. The Morgan fingerprint density at radius 2 is 2.13 bits per heavy atom. The lowest BCUT2D eigenvalue weighted by molar-refractivity contribution is -0.126. The molecule has 1 aromatic rings. The van der Waals surface area contributed by atoms with E-state index in [0.29, 0.717) is 13.1 Å². The maximum absolute atomic E-state index is 12.3. The van der Waals surface area contributed by atoms with E-state index >= 15 is 0 Å². The second-order valence-corrected chi connectivity index (χ2v) is 8.22. The van der Waals surface area contributed by atoms with Gasteiger partial charge < -0.3 is 10.2 Å². The first-order valence-electron chi connectivity index (χ1n) is 7.76. The fraction of sp³-hybridized carbons (Fsp3) is 0.562. The van der Waals surface area contributed by atoms with Gasteiger partial charge in [-0.2, -0.15) is 0 Å². The molecule has 0 aliphatic carbocycles. The van der Waals surface area contributed by atoms with Crippen LogP contribution in [0.2, 0.25) is 0 Å². The molecule has 1 fully saturated rings. The van der Waals surface area contributed by atoms with Gasteiger partial charge in [-0.1, -0.05) is 12.1 Å². The van der Waals surface area contributed by atoms with Crippen molar-refractivity contribution in [2.45, 2.75) is 19.4 Å². The summed E-state index contributed by atoms with van der Waals surface area (Å²) in [4.78, 5) is 14.3. The number of nitrogens with zero attached hydrogens (tertiary/aromatic N) is 2. The summed E-state index contributed by atoms with van der Waals surface area (Å²) in [6.45, 7) is 1.24. The second-order valence-electron chi connectivity index (χ2n) is 6.24. The molecule has 6 nitrogen and oxygen atoms in total. The van der Waals surface area contributed by atoms with E-state index in [-0.39, 0.29) is 18.4 Å². The quantitative estimate of drug-likeness (QED) is 0.870. The number of hydrogen-bond donors (Lipinski definition) is 1. The Morgan fingerprint density at radius 1 is 1.39 bits per heavy atom. The van der Waals surface area contributed by atoms with Gasteiger partial charge in [-0.05, 0) is 30.5 Å². The maximum atomic E-state index is 12.3. The number of anilines is 1. The number of carbonyl (C=O) groups is 1. The van der Waals surface area contributed by atoms with E-state index < -0.39 is 10.0 Å². The maximum Gasteiger partial charge on any atom is 0.224 e. The van der Waals surface area contributed by atoms with E-state index in [9.17, 15) is 13.2 Å². The summed E-state index contributed by atoms with van der Waals surface area (Å²) in [6.07, 6.45) is 2.65. The van der Waals surface area contributed by atoms with Crippen molar-refractivity contribution < 1.29 is 13.2 Å². The second kappa shape index (κ2) is 7.31. The van der Waals surface area contributed by atoms with Crippen LogP contribution in [0, 0.1) is 5.92 Å². The van der Waals surface area contributed by atoms with Crippen LogP contribution in [-0.4, -0.2) is 52.1 Å². The minimum absolute atomic E-state index is 0.0754. The van der Waals surface area contributed by atoms with Gasteiger partial charge in [0, 0.05) is 39.4 Å². The molecule has 1 unspecified atom stereocenters. The van der Waals surface area contributed by atoms with Gasteiger partial charge in [0.25, 0.3) is 0 Å².